The summed E-state index contributed by atoms with van der Waals surface area (Å²) in [5.74, 6) is 0.854. The Hall–Kier alpha value is -2.02. The van der Waals surface area contributed by atoms with Crippen LogP contribution in [0.3, 0.4) is 0 Å². The summed E-state index contributed by atoms with van der Waals surface area (Å²) >= 11 is 1.41. The second-order valence-corrected chi connectivity index (χ2v) is 7.80. The molecule has 2 aromatic heterocycles. The molecule has 1 atom stereocenters. The molecule has 1 amide bonds. The van der Waals surface area contributed by atoms with Crippen molar-refractivity contribution in [3.05, 3.63) is 34.0 Å². The number of hydrogen-bond acceptors (Lipinski definition) is 6. The maximum atomic E-state index is 12.7. The Bertz CT molecular complexity index is 756. The van der Waals surface area contributed by atoms with Crippen molar-refractivity contribution in [2.45, 2.75) is 31.1 Å². The second kappa shape index (κ2) is 5.81. The zero-order chi connectivity index (χ0) is 16.7. The molecule has 0 radical (unpaired) electrons. The zero-order valence-electron chi connectivity index (χ0n) is 14.0. The highest BCUT2D eigenvalue weighted by Crippen LogP contribution is 2.44. The van der Waals surface area contributed by atoms with Gasteiger partial charge in [-0.1, -0.05) is 0 Å². The lowest BCUT2D eigenvalue weighted by molar-refractivity contribution is 0.0638. The van der Waals surface area contributed by atoms with E-state index in [0.29, 0.717) is 0 Å². The van der Waals surface area contributed by atoms with Gasteiger partial charge in [0.05, 0.1) is 17.4 Å². The quantitative estimate of drug-likeness (QED) is 0.836. The van der Waals surface area contributed by atoms with Gasteiger partial charge in [0, 0.05) is 38.8 Å². The molecule has 0 bridgehead atoms. The van der Waals surface area contributed by atoms with Crippen LogP contribution in [0.4, 0.5) is 5.95 Å². The lowest BCUT2D eigenvalue weighted by Gasteiger charge is -2.40. The number of anilines is 1. The van der Waals surface area contributed by atoms with Crippen molar-refractivity contribution in [1.82, 2.24) is 19.9 Å². The number of carbonyl (C=O) groups excluding carboxylic acids is 1. The molecule has 1 fully saturated rings. The number of fused-ring (bicyclic) bond motifs is 2. The average Bonchev–Trinajstić information content (AvgIpc) is 3.23. The lowest BCUT2D eigenvalue weighted by Crippen LogP contribution is -2.47. The topological polar surface area (TPSA) is 62.2 Å². The Kier molecular flexibility index (Phi) is 3.75. The van der Waals surface area contributed by atoms with Gasteiger partial charge >= 0.3 is 0 Å². The molecule has 7 heteroatoms. The summed E-state index contributed by atoms with van der Waals surface area (Å²) in [6.07, 6.45) is 7.81. The SMILES string of the molecule is CN(C)c1ncc2c(n1)C1(CCCN(C(=O)c3cncs3)C1)CC2. The normalized spacial score (nSPS) is 22.7. The van der Waals surface area contributed by atoms with Crippen LogP contribution >= 0.6 is 11.3 Å². The molecule has 0 N–H and O–H groups in total. The van der Waals surface area contributed by atoms with Crippen molar-refractivity contribution in [3.63, 3.8) is 0 Å². The number of likely N-dealkylation sites (tertiary alicyclic amines) is 1. The van der Waals surface area contributed by atoms with Gasteiger partial charge in [0.25, 0.3) is 5.91 Å². The van der Waals surface area contributed by atoms with Gasteiger partial charge in [0.1, 0.15) is 4.88 Å². The first-order valence-corrected chi connectivity index (χ1v) is 9.18. The van der Waals surface area contributed by atoms with Gasteiger partial charge in [0.15, 0.2) is 0 Å². The van der Waals surface area contributed by atoms with Gasteiger partial charge in [-0.3, -0.25) is 9.78 Å². The van der Waals surface area contributed by atoms with E-state index in [1.807, 2.05) is 30.1 Å². The molecule has 3 heterocycles. The van der Waals surface area contributed by atoms with Crippen molar-refractivity contribution in [2.24, 2.45) is 0 Å². The van der Waals surface area contributed by atoms with Gasteiger partial charge in [-0.05, 0) is 31.2 Å². The van der Waals surface area contributed by atoms with Crippen LogP contribution in [0.5, 0.6) is 0 Å². The van der Waals surface area contributed by atoms with Crippen LogP contribution < -0.4 is 4.90 Å². The second-order valence-electron chi connectivity index (χ2n) is 6.91. The number of amides is 1. The maximum absolute atomic E-state index is 12.7. The van der Waals surface area contributed by atoms with E-state index in [0.717, 1.165) is 55.3 Å². The van der Waals surface area contributed by atoms with E-state index in [1.54, 1.807) is 11.7 Å². The lowest BCUT2D eigenvalue weighted by atomic mass is 9.77. The first kappa shape index (κ1) is 15.5. The Morgan fingerprint density at radius 2 is 2.21 bits per heavy atom. The van der Waals surface area contributed by atoms with Gasteiger partial charge in [-0.2, -0.15) is 0 Å². The van der Waals surface area contributed by atoms with Crippen molar-refractivity contribution in [2.75, 3.05) is 32.1 Å². The highest BCUT2D eigenvalue weighted by Gasteiger charge is 2.45. The number of rotatable bonds is 2. The predicted molar refractivity (Wildman–Crippen MR) is 93.6 cm³/mol. The van der Waals surface area contributed by atoms with Gasteiger partial charge < -0.3 is 9.80 Å². The Labute approximate surface area is 145 Å². The first-order chi connectivity index (χ1) is 11.6. The zero-order valence-corrected chi connectivity index (χ0v) is 14.8. The molecule has 126 valence electrons. The third kappa shape index (κ3) is 2.47. The van der Waals surface area contributed by atoms with Crippen molar-refractivity contribution in [1.29, 1.82) is 0 Å². The summed E-state index contributed by atoms with van der Waals surface area (Å²) in [6.45, 7) is 1.57. The fourth-order valence-corrected chi connectivity index (χ4v) is 4.51. The van der Waals surface area contributed by atoms with Crippen LogP contribution in [0.25, 0.3) is 0 Å². The van der Waals surface area contributed by atoms with E-state index >= 15 is 0 Å². The third-order valence-corrected chi connectivity index (χ3v) is 5.90. The summed E-state index contributed by atoms with van der Waals surface area (Å²) in [5, 5.41) is 0. The first-order valence-electron chi connectivity index (χ1n) is 8.31. The average molecular weight is 343 g/mol. The van der Waals surface area contributed by atoms with Crippen LogP contribution in [0.15, 0.2) is 17.9 Å². The summed E-state index contributed by atoms with van der Waals surface area (Å²) in [7, 11) is 3.92. The van der Waals surface area contributed by atoms with Crippen LogP contribution in [0, 0.1) is 0 Å². The number of thiazole rings is 1. The maximum Gasteiger partial charge on any atom is 0.265 e. The number of carbonyl (C=O) groups is 1. The summed E-state index contributed by atoms with van der Waals surface area (Å²) in [5.41, 5.74) is 4.10. The van der Waals surface area contributed by atoms with E-state index in [-0.39, 0.29) is 11.3 Å². The summed E-state index contributed by atoms with van der Waals surface area (Å²) < 4.78 is 0. The van der Waals surface area contributed by atoms with Crippen molar-refractivity contribution in [3.8, 4) is 0 Å². The van der Waals surface area contributed by atoms with E-state index in [1.165, 1.54) is 16.9 Å². The molecule has 1 aliphatic carbocycles. The largest absolute Gasteiger partial charge is 0.347 e. The van der Waals surface area contributed by atoms with E-state index in [4.69, 9.17) is 4.98 Å². The summed E-state index contributed by atoms with van der Waals surface area (Å²) in [6, 6.07) is 0. The molecule has 2 aliphatic rings. The molecule has 2 aromatic rings. The number of aromatic nitrogens is 3. The smallest absolute Gasteiger partial charge is 0.265 e. The highest BCUT2D eigenvalue weighted by molar-refractivity contribution is 7.11. The molecule has 6 nitrogen and oxygen atoms in total. The number of nitrogens with zero attached hydrogens (tertiary/aromatic N) is 5. The Morgan fingerprint density at radius 3 is 2.96 bits per heavy atom. The molecular formula is C17H21N5OS. The molecule has 0 saturated carbocycles. The molecule has 1 aliphatic heterocycles. The van der Waals surface area contributed by atoms with Crippen molar-refractivity contribution >= 4 is 23.2 Å². The van der Waals surface area contributed by atoms with Gasteiger partial charge in [-0.25, -0.2) is 9.97 Å². The molecule has 24 heavy (non-hydrogen) atoms. The minimum atomic E-state index is -0.0123. The molecule has 1 spiro atoms. The minimum absolute atomic E-state index is 0.0123. The van der Waals surface area contributed by atoms with E-state index in [9.17, 15) is 4.79 Å². The van der Waals surface area contributed by atoms with Gasteiger partial charge in [0.2, 0.25) is 5.95 Å². The fraction of sp³-hybridized carbons (Fsp3) is 0.529. The molecule has 1 saturated heterocycles. The summed E-state index contributed by atoms with van der Waals surface area (Å²) in [4.78, 5) is 30.7. The Balaban J connectivity index is 1.65. The van der Waals surface area contributed by atoms with E-state index in [2.05, 4.69) is 9.97 Å². The van der Waals surface area contributed by atoms with Crippen LogP contribution in [-0.4, -0.2) is 52.9 Å². The van der Waals surface area contributed by atoms with Crippen LogP contribution in [0.2, 0.25) is 0 Å². The molecular weight excluding hydrogens is 322 g/mol. The minimum Gasteiger partial charge on any atom is -0.347 e. The van der Waals surface area contributed by atoms with Crippen LogP contribution in [0.1, 0.15) is 40.2 Å². The van der Waals surface area contributed by atoms with E-state index < -0.39 is 0 Å². The fourth-order valence-electron chi connectivity index (χ4n) is 3.93. The standard InChI is InChI=1S/C17H21N5OS/c1-21(2)16-19-8-12-4-6-17(14(12)20-16)5-3-7-22(10-17)15(23)13-9-18-11-24-13/h8-9,11H,3-7,10H2,1-2H3. The highest BCUT2D eigenvalue weighted by atomic mass is 32.1. The number of aryl methyl sites for hydroxylation is 1. The van der Waals surface area contributed by atoms with Crippen LogP contribution in [-0.2, 0) is 11.8 Å². The Morgan fingerprint density at radius 1 is 1.33 bits per heavy atom. The predicted octanol–water partition coefficient (Wildman–Crippen LogP) is 2.12. The molecule has 0 aromatic carbocycles. The van der Waals surface area contributed by atoms with Gasteiger partial charge in [-0.15, -0.1) is 11.3 Å². The molecule has 4 rings (SSSR count). The monoisotopic (exact) mass is 343 g/mol. The van der Waals surface area contributed by atoms with Crippen molar-refractivity contribution < 1.29 is 4.79 Å². The number of hydrogen-bond donors (Lipinski definition) is 0. The molecule has 1 unspecified atom stereocenters. The number of piperidine rings is 1. The third-order valence-electron chi connectivity index (χ3n) is 5.13.